The third kappa shape index (κ3) is 2.67. The van der Waals surface area contributed by atoms with E-state index in [4.69, 9.17) is 5.11 Å². The van der Waals surface area contributed by atoms with E-state index in [1.165, 1.54) is 0 Å². The van der Waals surface area contributed by atoms with Crippen molar-refractivity contribution in [3.63, 3.8) is 0 Å². The number of hydrogen-bond donors (Lipinski definition) is 2. The zero-order valence-corrected chi connectivity index (χ0v) is 8.29. The largest absolute Gasteiger partial charge is 0.481 e. The van der Waals surface area contributed by atoms with Crippen LogP contribution in [-0.2, 0) is 4.79 Å². The van der Waals surface area contributed by atoms with E-state index in [0.717, 1.165) is 19.5 Å². The molecule has 1 heterocycles. The first-order chi connectivity index (χ1) is 6.15. The van der Waals surface area contributed by atoms with Gasteiger partial charge in [-0.3, -0.25) is 4.79 Å². The summed E-state index contributed by atoms with van der Waals surface area (Å²) in [6.45, 7) is 4.58. The van der Waals surface area contributed by atoms with Crippen molar-refractivity contribution in [2.45, 2.75) is 19.4 Å². The first-order valence-corrected chi connectivity index (χ1v) is 4.79. The smallest absolute Gasteiger partial charge is 0.307 e. The Morgan fingerprint density at radius 3 is 2.85 bits per heavy atom. The van der Waals surface area contributed by atoms with Crippen LogP contribution in [0.1, 0.15) is 13.3 Å². The van der Waals surface area contributed by atoms with Crippen LogP contribution in [0.4, 0.5) is 0 Å². The van der Waals surface area contributed by atoms with E-state index in [1.54, 1.807) is 0 Å². The van der Waals surface area contributed by atoms with Crippen molar-refractivity contribution in [1.29, 1.82) is 0 Å². The van der Waals surface area contributed by atoms with Crippen molar-refractivity contribution < 1.29 is 9.90 Å². The number of rotatable bonds is 3. The highest BCUT2D eigenvalue weighted by molar-refractivity contribution is 5.70. The van der Waals surface area contributed by atoms with Crippen molar-refractivity contribution >= 4 is 5.97 Å². The molecule has 0 aliphatic carbocycles. The predicted octanol–water partition coefficient (Wildman–Crippen LogP) is 0.000800. The standard InChI is InChI=1S/C9H18N2O2/c1-3-11(2)8-4-7(9(12)13)5-10-6-8/h7-8,10H,3-6H2,1-2H3,(H,12,13)/t7-,8-/m1/s1. The molecule has 0 aromatic carbocycles. The maximum absolute atomic E-state index is 10.8. The number of carboxylic acid groups (broad SMARTS) is 1. The van der Waals surface area contributed by atoms with Crippen LogP contribution in [0.5, 0.6) is 0 Å². The van der Waals surface area contributed by atoms with E-state index in [0.29, 0.717) is 12.6 Å². The molecule has 1 saturated heterocycles. The van der Waals surface area contributed by atoms with E-state index in [1.807, 2.05) is 7.05 Å². The molecule has 0 amide bonds. The van der Waals surface area contributed by atoms with Gasteiger partial charge in [0.2, 0.25) is 0 Å². The molecule has 1 fully saturated rings. The van der Waals surface area contributed by atoms with Crippen LogP contribution in [0.15, 0.2) is 0 Å². The second-order valence-electron chi connectivity index (χ2n) is 3.66. The monoisotopic (exact) mass is 186 g/mol. The summed E-state index contributed by atoms with van der Waals surface area (Å²) in [5.74, 6) is -0.894. The van der Waals surface area contributed by atoms with Gasteiger partial charge in [-0.05, 0) is 20.0 Å². The number of nitrogens with one attached hydrogen (secondary N) is 1. The number of carbonyl (C=O) groups is 1. The SMILES string of the molecule is CCN(C)[C@H]1CNC[C@H](C(=O)O)C1. The Kier molecular flexibility index (Phi) is 3.69. The number of likely N-dealkylation sites (N-methyl/N-ethyl adjacent to an activating group) is 1. The van der Waals surface area contributed by atoms with Gasteiger partial charge in [0, 0.05) is 19.1 Å². The molecule has 0 radical (unpaired) electrons. The van der Waals surface area contributed by atoms with Gasteiger partial charge in [0.25, 0.3) is 0 Å². The van der Waals surface area contributed by atoms with Crippen LogP contribution < -0.4 is 5.32 Å². The molecular formula is C9H18N2O2. The molecule has 0 unspecified atom stereocenters. The summed E-state index contributed by atoms with van der Waals surface area (Å²) in [5.41, 5.74) is 0. The molecule has 4 nitrogen and oxygen atoms in total. The zero-order valence-electron chi connectivity index (χ0n) is 8.29. The van der Waals surface area contributed by atoms with E-state index >= 15 is 0 Å². The van der Waals surface area contributed by atoms with Gasteiger partial charge in [-0.2, -0.15) is 0 Å². The fourth-order valence-electron chi connectivity index (χ4n) is 1.70. The summed E-state index contributed by atoms with van der Waals surface area (Å²) in [4.78, 5) is 12.9. The average molecular weight is 186 g/mol. The highest BCUT2D eigenvalue weighted by atomic mass is 16.4. The Hall–Kier alpha value is -0.610. The van der Waals surface area contributed by atoms with Gasteiger partial charge in [-0.1, -0.05) is 6.92 Å². The minimum atomic E-state index is -0.679. The van der Waals surface area contributed by atoms with Gasteiger partial charge >= 0.3 is 5.97 Å². The molecule has 1 aliphatic heterocycles. The van der Waals surface area contributed by atoms with Crippen LogP contribution >= 0.6 is 0 Å². The maximum atomic E-state index is 10.8. The summed E-state index contributed by atoms with van der Waals surface area (Å²) in [6, 6.07) is 0.375. The number of piperidine rings is 1. The molecule has 0 bridgehead atoms. The van der Waals surface area contributed by atoms with E-state index in [-0.39, 0.29) is 5.92 Å². The van der Waals surface area contributed by atoms with E-state index in [9.17, 15) is 4.79 Å². The van der Waals surface area contributed by atoms with Gasteiger partial charge in [0.1, 0.15) is 0 Å². The molecule has 0 saturated carbocycles. The van der Waals surface area contributed by atoms with Gasteiger partial charge in [0.15, 0.2) is 0 Å². The normalized spacial score (nSPS) is 29.2. The lowest BCUT2D eigenvalue weighted by atomic mass is 9.95. The number of aliphatic carboxylic acids is 1. The number of nitrogens with zero attached hydrogens (tertiary/aromatic N) is 1. The third-order valence-corrected chi connectivity index (χ3v) is 2.80. The molecule has 1 rings (SSSR count). The van der Waals surface area contributed by atoms with Crippen LogP contribution in [0, 0.1) is 5.92 Å². The lowest BCUT2D eigenvalue weighted by Gasteiger charge is -2.33. The molecule has 2 N–H and O–H groups in total. The van der Waals surface area contributed by atoms with Crippen molar-refractivity contribution in [2.24, 2.45) is 5.92 Å². The minimum absolute atomic E-state index is 0.215. The molecule has 0 spiro atoms. The summed E-state index contributed by atoms with van der Waals surface area (Å²) in [5, 5.41) is 12.0. The average Bonchev–Trinajstić information content (AvgIpc) is 2.17. The number of carboxylic acids is 1. The lowest BCUT2D eigenvalue weighted by Crippen LogP contribution is -2.49. The molecule has 76 valence electrons. The fraction of sp³-hybridized carbons (Fsp3) is 0.889. The Bertz CT molecular complexity index is 184. The first-order valence-electron chi connectivity index (χ1n) is 4.79. The Morgan fingerprint density at radius 1 is 1.62 bits per heavy atom. The molecular weight excluding hydrogens is 168 g/mol. The summed E-state index contributed by atoms with van der Waals surface area (Å²) >= 11 is 0. The molecule has 2 atom stereocenters. The maximum Gasteiger partial charge on any atom is 0.307 e. The summed E-state index contributed by atoms with van der Waals surface area (Å²) in [6.07, 6.45) is 0.771. The van der Waals surface area contributed by atoms with Gasteiger partial charge in [-0.25, -0.2) is 0 Å². The Morgan fingerprint density at radius 2 is 2.31 bits per heavy atom. The lowest BCUT2D eigenvalue weighted by molar-refractivity contribution is -0.142. The van der Waals surface area contributed by atoms with Crippen LogP contribution in [0.3, 0.4) is 0 Å². The summed E-state index contributed by atoms with van der Waals surface area (Å²) < 4.78 is 0. The Balaban J connectivity index is 2.46. The topological polar surface area (TPSA) is 52.6 Å². The third-order valence-electron chi connectivity index (χ3n) is 2.80. The molecule has 13 heavy (non-hydrogen) atoms. The highest BCUT2D eigenvalue weighted by Gasteiger charge is 2.28. The Labute approximate surface area is 78.9 Å². The van der Waals surface area contributed by atoms with Gasteiger partial charge in [0.05, 0.1) is 5.92 Å². The molecule has 4 heteroatoms. The first kappa shape index (κ1) is 10.5. The van der Waals surface area contributed by atoms with Gasteiger partial charge < -0.3 is 15.3 Å². The van der Waals surface area contributed by atoms with E-state index in [2.05, 4.69) is 17.1 Å². The summed E-state index contributed by atoms with van der Waals surface area (Å²) in [7, 11) is 2.04. The van der Waals surface area contributed by atoms with Crippen LogP contribution in [0.25, 0.3) is 0 Å². The molecule has 1 aliphatic rings. The molecule has 0 aromatic heterocycles. The quantitative estimate of drug-likeness (QED) is 0.651. The van der Waals surface area contributed by atoms with E-state index < -0.39 is 5.97 Å². The molecule has 0 aromatic rings. The van der Waals surface area contributed by atoms with Crippen molar-refractivity contribution in [2.75, 3.05) is 26.7 Å². The zero-order chi connectivity index (χ0) is 9.84. The second kappa shape index (κ2) is 4.58. The van der Waals surface area contributed by atoms with Gasteiger partial charge in [-0.15, -0.1) is 0 Å². The van der Waals surface area contributed by atoms with Crippen LogP contribution in [-0.4, -0.2) is 48.7 Å². The number of hydrogen-bond acceptors (Lipinski definition) is 3. The fourth-order valence-corrected chi connectivity index (χ4v) is 1.70. The second-order valence-corrected chi connectivity index (χ2v) is 3.66. The predicted molar refractivity (Wildman–Crippen MR) is 50.7 cm³/mol. The van der Waals surface area contributed by atoms with Crippen molar-refractivity contribution in [3.8, 4) is 0 Å². The van der Waals surface area contributed by atoms with Crippen LogP contribution in [0.2, 0.25) is 0 Å². The van der Waals surface area contributed by atoms with Crippen molar-refractivity contribution in [3.05, 3.63) is 0 Å². The van der Waals surface area contributed by atoms with Crippen molar-refractivity contribution in [1.82, 2.24) is 10.2 Å². The highest BCUT2D eigenvalue weighted by Crippen LogP contribution is 2.14. The minimum Gasteiger partial charge on any atom is -0.481 e.